The molecule has 4 nitrogen and oxygen atoms in total. The molecule has 1 atom stereocenters. The predicted octanol–water partition coefficient (Wildman–Crippen LogP) is 4.31. The maximum absolute atomic E-state index is 11.9. The molecule has 0 bridgehead atoms. The van der Waals surface area contributed by atoms with E-state index in [1.807, 2.05) is 63.2 Å². The Labute approximate surface area is 137 Å². The molecule has 2 rings (SSSR count). The van der Waals surface area contributed by atoms with Crippen LogP contribution in [0.15, 0.2) is 54.6 Å². The van der Waals surface area contributed by atoms with Gasteiger partial charge in [0.1, 0.15) is 5.60 Å². The Balaban J connectivity index is 2.12. The lowest BCUT2D eigenvalue weighted by Gasteiger charge is -2.21. The second-order valence-electron chi connectivity index (χ2n) is 6.42. The van der Waals surface area contributed by atoms with E-state index in [9.17, 15) is 9.90 Å². The zero-order chi connectivity index (χ0) is 16.9. The van der Waals surface area contributed by atoms with Crippen LogP contribution in [0, 0.1) is 0 Å². The lowest BCUT2D eigenvalue weighted by molar-refractivity contribution is 0.0635. The van der Waals surface area contributed by atoms with Crippen molar-refractivity contribution in [2.24, 2.45) is 0 Å². The predicted molar refractivity (Wildman–Crippen MR) is 91.4 cm³/mol. The molecule has 2 aromatic rings. The van der Waals surface area contributed by atoms with Crippen LogP contribution in [0.5, 0.6) is 0 Å². The van der Waals surface area contributed by atoms with E-state index in [4.69, 9.17) is 4.74 Å². The fourth-order valence-electron chi connectivity index (χ4n) is 2.26. The molecule has 0 fully saturated rings. The molecule has 0 aromatic heterocycles. The standard InChI is InChI=1S/C19H23NO3/c1-19(2,3)23-18(22)20-16-12-8-7-11-15(16)17(21)13-14-9-5-4-6-10-14/h4-12,17,21H,13H2,1-3H3,(H,20,22)/t17-/m0/s1. The van der Waals surface area contributed by atoms with Gasteiger partial charge in [-0.15, -0.1) is 0 Å². The zero-order valence-corrected chi connectivity index (χ0v) is 13.7. The van der Waals surface area contributed by atoms with Crippen molar-refractivity contribution in [3.05, 3.63) is 65.7 Å². The van der Waals surface area contributed by atoms with Crippen molar-refractivity contribution in [2.75, 3.05) is 5.32 Å². The molecule has 2 N–H and O–H groups in total. The summed E-state index contributed by atoms with van der Waals surface area (Å²) >= 11 is 0. The highest BCUT2D eigenvalue weighted by atomic mass is 16.6. The van der Waals surface area contributed by atoms with Gasteiger partial charge in [0.15, 0.2) is 0 Å². The summed E-state index contributed by atoms with van der Waals surface area (Å²) in [5, 5.41) is 13.2. The highest BCUT2D eigenvalue weighted by molar-refractivity contribution is 5.86. The molecule has 0 aliphatic rings. The molecule has 0 heterocycles. The molecule has 4 heteroatoms. The summed E-state index contributed by atoms with van der Waals surface area (Å²) < 4.78 is 5.26. The van der Waals surface area contributed by atoms with Gasteiger partial charge in [0.25, 0.3) is 0 Å². The fourth-order valence-corrected chi connectivity index (χ4v) is 2.26. The van der Waals surface area contributed by atoms with Crippen LogP contribution in [0.4, 0.5) is 10.5 Å². The lowest BCUT2D eigenvalue weighted by Crippen LogP contribution is -2.27. The number of rotatable bonds is 4. The SMILES string of the molecule is CC(C)(C)OC(=O)Nc1ccccc1[C@@H](O)Cc1ccccc1. The van der Waals surface area contributed by atoms with Gasteiger partial charge in [0, 0.05) is 17.7 Å². The van der Waals surface area contributed by atoms with Gasteiger partial charge in [0.05, 0.1) is 6.10 Å². The number of carbonyl (C=O) groups excluding carboxylic acids is 1. The summed E-state index contributed by atoms with van der Waals surface area (Å²) in [5.41, 5.74) is 1.70. The Kier molecular flexibility index (Phi) is 5.40. The van der Waals surface area contributed by atoms with Gasteiger partial charge in [-0.25, -0.2) is 4.79 Å². The van der Waals surface area contributed by atoms with E-state index >= 15 is 0 Å². The number of amides is 1. The molecule has 1 amide bonds. The summed E-state index contributed by atoms with van der Waals surface area (Å²) in [6, 6.07) is 17.0. The summed E-state index contributed by atoms with van der Waals surface area (Å²) in [4.78, 5) is 11.9. The number of hydrogen-bond donors (Lipinski definition) is 2. The molecular weight excluding hydrogens is 290 g/mol. The van der Waals surface area contributed by atoms with E-state index in [-0.39, 0.29) is 0 Å². The van der Waals surface area contributed by atoms with E-state index in [0.717, 1.165) is 5.56 Å². The van der Waals surface area contributed by atoms with E-state index in [0.29, 0.717) is 17.7 Å². The molecule has 23 heavy (non-hydrogen) atoms. The van der Waals surface area contributed by atoms with E-state index in [1.165, 1.54) is 0 Å². The smallest absolute Gasteiger partial charge is 0.412 e. The van der Waals surface area contributed by atoms with Crippen LogP contribution < -0.4 is 5.32 Å². The Morgan fingerprint density at radius 2 is 1.70 bits per heavy atom. The molecule has 0 aliphatic heterocycles. The molecule has 0 saturated carbocycles. The molecule has 0 saturated heterocycles. The first kappa shape index (κ1) is 17.0. The van der Waals surface area contributed by atoms with Gasteiger partial charge in [-0.2, -0.15) is 0 Å². The third-order valence-corrected chi connectivity index (χ3v) is 3.23. The first-order valence-corrected chi connectivity index (χ1v) is 7.66. The van der Waals surface area contributed by atoms with Gasteiger partial charge in [0.2, 0.25) is 0 Å². The third-order valence-electron chi connectivity index (χ3n) is 3.23. The molecule has 0 unspecified atom stereocenters. The number of ether oxygens (including phenoxy) is 1. The number of anilines is 1. The summed E-state index contributed by atoms with van der Waals surface area (Å²) in [6.45, 7) is 5.42. The van der Waals surface area contributed by atoms with Crippen molar-refractivity contribution in [1.82, 2.24) is 0 Å². The molecule has 2 aromatic carbocycles. The van der Waals surface area contributed by atoms with Gasteiger partial charge in [-0.3, -0.25) is 5.32 Å². The fraction of sp³-hybridized carbons (Fsp3) is 0.316. The first-order chi connectivity index (χ1) is 10.8. The Hall–Kier alpha value is -2.33. The second-order valence-corrected chi connectivity index (χ2v) is 6.42. The number of para-hydroxylation sites is 1. The third kappa shape index (κ3) is 5.42. The molecule has 0 aliphatic carbocycles. The average molecular weight is 313 g/mol. The molecule has 0 spiro atoms. The average Bonchev–Trinajstić information content (AvgIpc) is 2.46. The number of nitrogens with one attached hydrogen (secondary N) is 1. The van der Waals surface area contributed by atoms with E-state index in [2.05, 4.69) is 5.32 Å². The van der Waals surface area contributed by atoms with Gasteiger partial charge < -0.3 is 9.84 Å². The van der Waals surface area contributed by atoms with Crippen LogP contribution in [0.25, 0.3) is 0 Å². The van der Waals surface area contributed by atoms with Gasteiger partial charge in [-0.1, -0.05) is 48.5 Å². The van der Waals surface area contributed by atoms with Crippen LogP contribution in [0.1, 0.15) is 38.0 Å². The number of aliphatic hydroxyl groups is 1. The van der Waals surface area contributed by atoms with Crippen molar-refractivity contribution in [2.45, 2.75) is 38.9 Å². The van der Waals surface area contributed by atoms with Crippen molar-refractivity contribution in [1.29, 1.82) is 0 Å². The quantitative estimate of drug-likeness (QED) is 0.884. The van der Waals surface area contributed by atoms with Gasteiger partial charge in [-0.05, 0) is 32.4 Å². The highest BCUT2D eigenvalue weighted by Gasteiger charge is 2.19. The minimum Gasteiger partial charge on any atom is -0.444 e. The number of carbonyl (C=O) groups is 1. The van der Waals surface area contributed by atoms with Crippen LogP contribution in [-0.2, 0) is 11.2 Å². The minimum absolute atomic E-state index is 0.480. The summed E-state index contributed by atoms with van der Waals surface area (Å²) in [7, 11) is 0. The van der Waals surface area contributed by atoms with Crippen LogP contribution in [0.3, 0.4) is 0 Å². The Morgan fingerprint density at radius 1 is 1.09 bits per heavy atom. The second kappa shape index (κ2) is 7.29. The van der Waals surface area contributed by atoms with Crippen LogP contribution >= 0.6 is 0 Å². The van der Waals surface area contributed by atoms with E-state index in [1.54, 1.807) is 12.1 Å². The monoisotopic (exact) mass is 313 g/mol. The lowest BCUT2D eigenvalue weighted by atomic mass is 10.00. The summed E-state index contributed by atoms with van der Waals surface area (Å²) in [6.07, 6.45) is -0.756. The first-order valence-electron chi connectivity index (χ1n) is 7.66. The largest absolute Gasteiger partial charge is 0.444 e. The van der Waals surface area contributed by atoms with Gasteiger partial charge >= 0.3 is 6.09 Å². The molecular formula is C19H23NO3. The normalized spacial score (nSPS) is 12.5. The highest BCUT2D eigenvalue weighted by Crippen LogP contribution is 2.26. The zero-order valence-electron chi connectivity index (χ0n) is 13.7. The number of benzene rings is 2. The van der Waals surface area contributed by atoms with Crippen LogP contribution in [-0.4, -0.2) is 16.8 Å². The van der Waals surface area contributed by atoms with Crippen molar-refractivity contribution in [3.63, 3.8) is 0 Å². The van der Waals surface area contributed by atoms with E-state index < -0.39 is 17.8 Å². The van der Waals surface area contributed by atoms with Crippen molar-refractivity contribution in [3.8, 4) is 0 Å². The minimum atomic E-state index is -0.705. The molecule has 122 valence electrons. The van der Waals surface area contributed by atoms with Crippen molar-refractivity contribution < 1.29 is 14.6 Å². The summed E-state index contributed by atoms with van der Waals surface area (Å²) in [5.74, 6) is 0. The maximum atomic E-state index is 11.9. The molecule has 0 radical (unpaired) electrons. The van der Waals surface area contributed by atoms with Crippen molar-refractivity contribution >= 4 is 11.8 Å². The Bertz CT molecular complexity index is 647. The number of hydrogen-bond acceptors (Lipinski definition) is 3. The Morgan fingerprint density at radius 3 is 2.35 bits per heavy atom. The van der Waals surface area contributed by atoms with Crippen LogP contribution in [0.2, 0.25) is 0 Å². The number of aliphatic hydroxyl groups excluding tert-OH is 1. The topological polar surface area (TPSA) is 58.6 Å². The maximum Gasteiger partial charge on any atom is 0.412 e.